The number of aromatic nitrogens is 1. The molecule has 0 unspecified atom stereocenters. The molecule has 0 aliphatic heterocycles. The van der Waals surface area contributed by atoms with Gasteiger partial charge in [0.1, 0.15) is 11.6 Å². The number of hydrogen-bond donors (Lipinski definition) is 0. The van der Waals surface area contributed by atoms with Crippen molar-refractivity contribution in [3.05, 3.63) is 77.5 Å². The van der Waals surface area contributed by atoms with Gasteiger partial charge in [0, 0.05) is 11.8 Å². The van der Waals surface area contributed by atoms with Gasteiger partial charge in [0.2, 0.25) is 0 Å². The van der Waals surface area contributed by atoms with Gasteiger partial charge < -0.3 is 0 Å². The maximum absolute atomic E-state index is 14.0. The van der Waals surface area contributed by atoms with Gasteiger partial charge >= 0.3 is 0 Å². The van der Waals surface area contributed by atoms with E-state index < -0.39 is 11.6 Å². The SMILES string of the molecule is Cc1ccc(-c2ccc(-c3c(F)cc(C)cc3F)cc2)nc1. The molecule has 22 heavy (non-hydrogen) atoms. The van der Waals surface area contributed by atoms with Crippen LogP contribution in [0.1, 0.15) is 11.1 Å². The van der Waals surface area contributed by atoms with Crippen LogP contribution in [0.15, 0.2) is 54.7 Å². The Balaban J connectivity index is 2.00. The molecule has 0 saturated heterocycles. The normalized spacial score (nSPS) is 10.7. The lowest BCUT2D eigenvalue weighted by atomic mass is 10.0. The second-order valence-electron chi connectivity index (χ2n) is 5.40. The Morgan fingerprint density at radius 3 is 1.86 bits per heavy atom. The standard InChI is InChI=1S/C19H15F2N/c1-12-3-8-18(22-11-12)14-4-6-15(7-5-14)19-16(20)9-13(2)10-17(19)21/h3-11H,1-2H3. The highest BCUT2D eigenvalue weighted by atomic mass is 19.1. The van der Waals surface area contributed by atoms with Gasteiger partial charge in [-0.15, -0.1) is 0 Å². The fraction of sp³-hybridized carbons (Fsp3) is 0.105. The molecular formula is C19H15F2N. The molecule has 0 N–H and O–H groups in total. The Bertz CT molecular complexity index is 783. The maximum Gasteiger partial charge on any atom is 0.134 e. The van der Waals surface area contributed by atoms with Crippen LogP contribution in [0.25, 0.3) is 22.4 Å². The van der Waals surface area contributed by atoms with E-state index in [0.29, 0.717) is 11.1 Å². The summed E-state index contributed by atoms with van der Waals surface area (Å²) in [7, 11) is 0. The van der Waals surface area contributed by atoms with Crippen LogP contribution >= 0.6 is 0 Å². The van der Waals surface area contributed by atoms with Gasteiger partial charge in [-0.25, -0.2) is 8.78 Å². The molecule has 3 aromatic rings. The number of hydrogen-bond acceptors (Lipinski definition) is 1. The molecule has 0 bridgehead atoms. The van der Waals surface area contributed by atoms with Crippen molar-refractivity contribution in [2.24, 2.45) is 0 Å². The van der Waals surface area contributed by atoms with Crippen LogP contribution in [-0.2, 0) is 0 Å². The maximum atomic E-state index is 14.0. The lowest BCUT2D eigenvalue weighted by Crippen LogP contribution is -1.92. The Hall–Kier alpha value is -2.55. The van der Waals surface area contributed by atoms with Crippen molar-refractivity contribution >= 4 is 0 Å². The second-order valence-corrected chi connectivity index (χ2v) is 5.40. The average Bonchev–Trinajstić information content (AvgIpc) is 2.48. The Morgan fingerprint density at radius 1 is 0.727 bits per heavy atom. The van der Waals surface area contributed by atoms with Crippen molar-refractivity contribution in [2.45, 2.75) is 13.8 Å². The van der Waals surface area contributed by atoms with Crippen LogP contribution < -0.4 is 0 Å². The Kier molecular flexibility index (Phi) is 3.72. The molecule has 0 fully saturated rings. The fourth-order valence-corrected chi connectivity index (χ4v) is 2.42. The van der Waals surface area contributed by atoms with Gasteiger partial charge in [0.05, 0.1) is 11.3 Å². The van der Waals surface area contributed by atoms with E-state index in [2.05, 4.69) is 4.98 Å². The number of benzene rings is 2. The Labute approximate surface area is 128 Å². The Morgan fingerprint density at radius 2 is 1.32 bits per heavy atom. The van der Waals surface area contributed by atoms with Gasteiger partial charge in [0.15, 0.2) is 0 Å². The lowest BCUT2D eigenvalue weighted by molar-refractivity contribution is 0.588. The summed E-state index contributed by atoms with van der Waals surface area (Å²) in [6.07, 6.45) is 1.79. The highest BCUT2D eigenvalue weighted by molar-refractivity contribution is 5.69. The van der Waals surface area contributed by atoms with Crippen molar-refractivity contribution in [3.63, 3.8) is 0 Å². The van der Waals surface area contributed by atoms with Gasteiger partial charge in [-0.05, 0) is 48.7 Å². The number of rotatable bonds is 2. The summed E-state index contributed by atoms with van der Waals surface area (Å²) in [5.41, 5.74) is 3.93. The molecule has 2 aromatic carbocycles. The van der Waals surface area contributed by atoms with Gasteiger partial charge in [-0.1, -0.05) is 30.3 Å². The summed E-state index contributed by atoms with van der Waals surface area (Å²) in [5, 5.41) is 0. The lowest BCUT2D eigenvalue weighted by Gasteiger charge is -2.08. The van der Waals surface area contributed by atoms with E-state index in [1.54, 1.807) is 25.3 Å². The zero-order valence-corrected chi connectivity index (χ0v) is 12.4. The van der Waals surface area contributed by atoms with Gasteiger partial charge in [0.25, 0.3) is 0 Å². The molecule has 1 aromatic heterocycles. The summed E-state index contributed by atoms with van der Waals surface area (Å²) in [5.74, 6) is -1.09. The molecule has 0 spiro atoms. The van der Waals surface area contributed by atoms with E-state index in [4.69, 9.17) is 0 Å². The minimum absolute atomic E-state index is 0.00835. The first kappa shape index (κ1) is 14.4. The third kappa shape index (κ3) is 2.75. The highest BCUT2D eigenvalue weighted by Crippen LogP contribution is 2.29. The molecule has 3 heteroatoms. The first-order valence-corrected chi connectivity index (χ1v) is 7.04. The number of halogens is 2. The van der Waals surface area contributed by atoms with E-state index >= 15 is 0 Å². The molecule has 3 rings (SSSR count). The summed E-state index contributed by atoms with van der Waals surface area (Å²) < 4.78 is 28.0. The molecule has 0 aliphatic carbocycles. The monoisotopic (exact) mass is 295 g/mol. The smallest absolute Gasteiger partial charge is 0.134 e. The van der Waals surface area contributed by atoms with Crippen LogP contribution in [0.3, 0.4) is 0 Å². The summed E-state index contributed by atoms with van der Waals surface area (Å²) >= 11 is 0. The minimum Gasteiger partial charge on any atom is -0.256 e. The van der Waals surface area contributed by atoms with Gasteiger partial charge in [-0.3, -0.25) is 4.98 Å². The fourth-order valence-electron chi connectivity index (χ4n) is 2.42. The molecule has 1 heterocycles. The van der Waals surface area contributed by atoms with Crippen molar-refractivity contribution in [2.75, 3.05) is 0 Å². The van der Waals surface area contributed by atoms with Crippen molar-refractivity contribution < 1.29 is 8.78 Å². The molecule has 0 saturated carbocycles. The topological polar surface area (TPSA) is 12.9 Å². The largest absolute Gasteiger partial charge is 0.256 e. The van der Waals surface area contributed by atoms with Crippen molar-refractivity contribution in [3.8, 4) is 22.4 Å². The third-order valence-corrected chi connectivity index (χ3v) is 3.57. The first-order valence-electron chi connectivity index (χ1n) is 7.04. The van der Waals surface area contributed by atoms with Gasteiger partial charge in [-0.2, -0.15) is 0 Å². The predicted molar refractivity (Wildman–Crippen MR) is 84.5 cm³/mol. The predicted octanol–water partition coefficient (Wildman–Crippen LogP) is 5.31. The molecule has 0 amide bonds. The van der Waals surface area contributed by atoms with Crippen LogP contribution in [0.4, 0.5) is 8.78 Å². The zero-order valence-electron chi connectivity index (χ0n) is 12.4. The van der Waals surface area contributed by atoms with Crippen LogP contribution in [0.5, 0.6) is 0 Å². The van der Waals surface area contributed by atoms with E-state index in [0.717, 1.165) is 16.8 Å². The third-order valence-electron chi connectivity index (χ3n) is 3.57. The first-order chi connectivity index (χ1) is 10.5. The minimum atomic E-state index is -0.543. The molecular weight excluding hydrogens is 280 g/mol. The molecule has 110 valence electrons. The molecule has 1 nitrogen and oxygen atoms in total. The van der Waals surface area contributed by atoms with E-state index in [-0.39, 0.29) is 5.56 Å². The zero-order chi connectivity index (χ0) is 15.7. The van der Waals surface area contributed by atoms with Crippen molar-refractivity contribution in [1.29, 1.82) is 0 Å². The van der Waals surface area contributed by atoms with E-state index in [9.17, 15) is 8.78 Å². The van der Waals surface area contributed by atoms with Crippen LogP contribution in [0, 0.1) is 25.5 Å². The highest BCUT2D eigenvalue weighted by Gasteiger charge is 2.12. The number of pyridine rings is 1. The molecule has 0 radical (unpaired) electrons. The van der Waals surface area contributed by atoms with E-state index in [1.807, 2.05) is 31.2 Å². The van der Waals surface area contributed by atoms with Crippen LogP contribution in [0.2, 0.25) is 0 Å². The second kappa shape index (κ2) is 5.68. The number of aryl methyl sites for hydroxylation is 2. The van der Waals surface area contributed by atoms with Crippen LogP contribution in [-0.4, -0.2) is 4.98 Å². The van der Waals surface area contributed by atoms with E-state index in [1.165, 1.54) is 12.1 Å². The summed E-state index contributed by atoms with van der Waals surface area (Å²) in [6, 6.07) is 13.7. The summed E-state index contributed by atoms with van der Waals surface area (Å²) in [6.45, 7) is 3.64. The number of nitrogens with zero attached hydrogens (tertiary/aromatic N) is 1. The average molecular weight is 295 g/mol. The van der Waals surface area contributed by atoms with Crippen molar-refractivity contribution in [1.82, 2.24) is 4.98 Å². The molecule has 0 aliphatic rings. The molecule has 0 atom stereocenters. The summed E-state index contributed by atoms with van der Waals surface area (Å²) in [4.78, 5) is 4.35. The quantitative estimate of drug-likeness (QED) is 0.624.